The van der Waals surface area contributed by atoms with Gasteiger partial charge in [-0.05, 0) is 48.5 Å². The van der Waals surface area contributed by atoms with Crippen molar-refractivity contribution >= 4 is 23.5 Å². The average molecular weight is 424 g/mol. The maximum Gasteiger partial charge on any atom is 0.115 e. The lowest BCUT2D eigenvalue weighted by Crippen LogP contribution is -2.32. The molecule has 0 atom stereocenters. The number of nitrogens with zero attached hydrogens (tertiary/aromatic N) is 1. The molecule has 28 heavy (non-hydrogen) atoms. The molecule has 154 valence electrons. The minimum absolute atomic E-state index is 0.297. The lowest BCUT2D eigenvalue weighted by molar-refractivity contribution is 0.0589. The SMILES string of the molecule is COCCOCCN(CCSc1ccc(O)cc1)CCSc1ccc(O)cc1. The molecule has 0 aliphatic rings. The zero-order valence-electron chi connectivity index (χ0n) is 16.3. The normalized spacial score (nSPS) is 11.2. The monoisotopic (exact) mass is 423 g/mol. The number of hydrogen-bond acceptors (Lipinski definition) is 7. The van der Waals surface area contributed by atoms with Gasteiger partial charge < -0.3 is 19.7 Å². The minimum Gasteiger partial charge on any atom is -0.508 e. The molecular weight excluding hydrogens is 394 g/mol. The summed E-state index contributed by atoms with van der Waals surface area (Å²) in [6.07, 6.45) is 0. The third-order valence-electron chi connectivity index (χ3n) is 4.01. The molecule has 0 unspecified atom stereocenters. The first-order chi connectivity index (χ1) is 13.7. The Hall–Kier alpha value is -1.38. The molecule has 2 aromatic rings. The van der Waals surface area contributed by atoms with Crippen molar-refractivity contribution in [2.45, 2.75) is 9.79 Å². The fourth-order valence-corrected chi connectivity index (χ4v) is 4.27. The van der Waals surface area contributed by atoms with Gasteiger partial charge in [0.2, 0.25) is 0 Å². The van der Waals surface area contributed by atoms with Crippen molar-refractivity contribution in [2.75, 3.05) is 58.1 Å². The number of aromatic hydroxyl groups is 2. The highest BCUT2D eigenvalue weighted by molar-refractivity contribution is 7.99. The van der Waals surface area contributed by atoms with E-state index in [1.165, 1.54) is 0 Å². The number of rotatable bonds is 14. The van der Waals surface area contributed by atoms with Gasteiger partial charge in [-0.3, -0.25) is 4.90 Å². The van der Waals surface area contributed by atoms with Crippen LogP contribution in [0.3, 0.4) is 0 Å². The smallest absolute Gasteiger partial charge is 0.115 e. The van der Waals surface area contributed by atoms with E-state index in [-0.39, 0.29) is 0 Å². The van der Waals surface area contributed by atoms with Crippen LogP contribution < -0.4 is 0 Å². The zero-order valence-corrected chi connectivity index (χ0v) is 17.9. The second kappa shape index (κ2) is 13.7. The lowest BCUT2D eigenvalue weighted by Gasteiger charge is -2.22. The van der Waals surface area contributed by atoms with E-state index in [2.05, 4.69) is 4.90 Å². The molecule has 2 N–H and O–H groups in total. The van der Waals surface area contributed by atoms with E-state index in [9.17, 15) is 10.2 Å². The number of ether oxygens (including phenoxy) is 2. The molecule has 0 radical (unpaired) electrons. The van der Waals surface area contributed by atoms with E-state index in [0.717, 1.165) is 40.9 Å². The van der Waals surface area contributed by atoms with Crippen LogP contribution in [0.2, 0.25) is 0 Å². The summed E-state index contributed by atoms with van der Waals surface area (Å²) in [6, 6.07) is 14.7. The quantitative estimate of drug-likeness (QED) is 0.352. The van der Waals surface area contributed by atoms with E-state index < -0.39 is 0 Å². The molecule has 0 fully saturated rings. The molecule has 7 heteroatoms. The van der Waals surface area contributed by atoms with Crippen molar-refractivity contribution in [2.24, 2.45) is 0 Å². The van der Waals surface area contributed by atoms with Gasteiger partial charge in [0.25, 0.3) is 0 Å². The number of phenols is 2. The van der Waals surface area contributed by atoms with Crippen LogP contribution >= 0.6 is 23.5 Å². The standard InChI is InChI=1S/C21H29NO4S2/c1-25-14-15-26-13-10-22(11-16-27-20-6-2-18(23)3-7-20)12-17-28-21-8-4-19(24)5-9-21/h2-9,23-24H,10-17H2,1H3. The molecule has 0 aliphatic carbocycles. The Labute approximate surface area is 176 Å². The molecule has 0 aliphatic heterocycles. The molecule has 0 amide bonds. The first kappa shape index (κ1) is 22.9. The maximum absolute atomic E-state index is 9.38. The first-order valence-electron chi connectivity index (χ1n) is 9.30. The lowest BCUT2D eigenvalue weighted by atomic mass is 10.3. The van der Waals surface area contributed by atoms with Gasteiger partial charge in [0, 0.05) is 48.0 Å². The van der Waals surface area contributed by atoms with Crippen molar-refractivity contribution in [1.29, 1.82) is 0 Å². The summed E-state index contributed by atoms with van der Waals surface area (Å²) in [7, 11) is 1.68. The third-order valence-corrected chi connectivity index (χ3v) is 5.99. The van der Waals surface area contributed by atoms with Crippen molar-refractivity contribution in [3.63, 3.8) is 0 Å². The Kier molecular flexibility index (Phi) is 11.2. The fraction of sp³-hybridized carbons (Fsp3) is 0.429. The van der Waals surface area contributed by atoms with Crippen molar-refractivity contribution in [1.82, 2.24) is 4.90 Å². The van der Waals surface area contributed by atoms with E-state index in [1.54, 1.807) is 54.9 Å². The molecule has 0 saturated heterocycles. The molecule has 5 nitrogen and oxygen atoms in total. The molecule has 0 aromatic heterocycles. The molecular formula is C21H29NO4S2. The second-order valence-electron chi connectivity index (χ2n) is 6.13. The summed E-state index contributed by atoms with van der Waals surface area (Å²) in [5.74, 6) is 2.55. The van der Waals surface area contributed by atoms with Gasteiger partial charge in [0.1, 0.15) is 11.5 Å². The van der Waals surface area contributed by atoms with E-state index in [4.69, 9.17) is 9.47 Å². The van der Waals surface area contributed by atoms with E-state index in [0.29, 0.717) is 31.3 Å². The number of methoxy groups -OCH3 is 1. The Morgan fingerprint density at radius 2 is 1.21 bits per heavy atom. The summed E-state index contributed by atoms with van der Waals surface area (Å²) >= 11 is 3.58. The number of benzene rings is 2. The number of hydrogen-bond donors (Lipinski definition) is 2. The number of phenolic OH excluding ortho intramolecular Hbond substituents is 2. The van der Waals surface area contributed by atoms with Crippen molar-refractivity contribution in [3.05, 3.63) is 48.5 Å². The molecule has 2 rings (SSSR count). The highest BCUT2D eigenvalue weighted by atomic mass is 32.2. The molecule has 0 heterocycles. The van der Waals surface area contributed by atoms with Gasteiger partial charge in [-0.2, -0.15) is 0 Å². The molecule has 0 spiro atoms. The maximum atomic E-state index is 9.38. The Morgan fingerprint density at radius 1 is 0.714 bits per heavy atom. The van der Waals surface area contributed by atoms with Gasteiger partial charge in [0.05, 0.1) is 19.8 Å². The zero-order chi connectivity index (χ0) is 20.0. The average Bonchev–Trinajstić information content (AvgIpc) is 2.70. The molecule has 0 bridgehead atoms. The largest absolute Gasteiger partial charge is 0.508 e. The summed E-state index contributed by atoms with van der Waals surface area (Å²) in [4.78, 5) is 4.73. The third kappa shape index (κ3) is 9.71. The van der Waals surface area contributed by atoms with Crippen LogP contribution in [-0.4, -0.2) is 73.2 Å². The van der Waals surface area contributed by atoms with Gasteiger partial charge in [-0.1, -0.05) is 0 Å². The minimum atomic E-state index is 0.297. The van der Waals surface area contributed by atoms with Crippen molar-refractivity contribution < 1.29 is 19.7 Å². The van der Waals surface area contributed by atoms with Crippen LogP contribution in [0.5, 0.6) is 11.5 Å². The van der Waals surface area contributed by atoms with Crippen LogP contribution in [0.4, 0.5) is 0 Å². The second-order valence-corrected chi connectivity index (χ2v) is 8.47. The van der Waals surface area contributed by atoms with Crippen LogP contribution in [0.1, 0.15) is 0 Å². The molecule has 0 saturated carbocycles. The summed E-state index contributed by atoms with van der Waals surface area (Å²) in [6.45, 7) is 4.75. The van der Waals surface area contributed by atoms with E-state index >= 15 is 0 Å². The van der Waals surface area contributed by atoms with Crippen molar-refractivity contribution in [3.8, 4) is 11.5 Å². The Bertz CT molecular complexity index is 601. The van der Waals surface area contributed by atoms with Gasteiger partial charge in [-0.15, -0.1) is 23.5 Å². The van der Waals surface area contributed by atoms with Crippen LogP contribution in [0.15, 0.2) is 58.3 Å². The highest BCUT2D eigenvalue weighted by Gasteiger charge is 2.06. The predicted molar refractivity (Wildman–Crippen MR) is 117 cm³/mol. The Morgan fingerprint density at radius 3 is 1.68 bits per heavy atom. The Balaban J connectivity index is 1.74. The van der Waals surface area contributed by atoms with Gasteiger partial charge in [-0.25, -0.2) is 0 Å². The van der Waals surface area contributed by atoms with Crippen LogP contribution in [-0.2, 0) is 9.47 Å². The highest BCUT2D eigenvalue weighted by Crippen LogP contribution is 2.22. The first-order valence-corrected chi connectivity index (χ1v) is 11.3. The number of thioether (sulfide) groups is 2. The predicted octanol–water partition coefficient (Wildman–Crippen LogP) is 3.95. The van der Waals surface area contributed by atoms with Crippen LogP contribution in [0, 0.1) is 0 Å². The summed E-state index contributed by atoms with van der Waals surface area (Å²) in [5.41, 5.74) is 0. The van der Waals surface area contributed by atoms with E-state index in [1.807, 2.05) is 24.3 Å². The summed E-state index contributed by atoms with van der Waals surface area (Å²) < 4.78 is 10.6. The van der Waals surface area contributed by atoms with Gasteiger partial charge >= 0.3 is 0 Å². The van der Waals surface area contributed by atoms with Crippen LogP contribution in [0.25, 0.3) is 0 Å². The molecule has 2 aromatic carbocycles. The summed E-state index contributed by atoms with van der Waals surface area (Å²) in [5, 5.41) is 18.8. The fourth-order valence-electron chi connectivity index (χ4n) is 2.44. The van der Waals surface area contributed by atoms with Gasteiger partial charge in [0.15, 0.2) is 0 Å². The topological polar surface area (TPSA) is 62.2 Å².